The predicted molar refractivity (Wildman–Crippen MR) is 57.1 cm³/mol. The first-order chi connectivity index (χ1) is 7.00. The molecular formula is C11H19NO3. The second-order valence-corrected chi connectivity index (χ2v) is 4.57. The van der Waals surface area contributed by atoms with E-state index < -0.39 is 12.1 Å². The summed E-state index contributed by atoms with van der Waals surface area (Å²) in [5, 5.41) is 25.5. The number of rotatable bonds is 6. The molecular weight excluding hydrogens is 194 g/mol. The van der Waals surface area contributed by atoms with Gasteiger partial charge in [-0.05, 0) is 18.3 Å². The molecule has 86 valence electrons. The molecule has 2 atom stereocenters. The van der Waals surface area contributed by atoms with E-state index in [1.54, 1.807) is 6.92 Å². The van der Waals surface area contributed by atoms with Gasteiger partial charge in [-0.2, -0.15) is 0 Å². The summed E-state index contributed by atoms with van der Waals surface area (Å²) in [5.41, 5.74) is -0.310. The van der Waals surface area contributed by atoms with Gasteiger partial charge in [-0.25, -0.2) is 4.79 Å². The maximum Gasteiger partial charge on any atom is 0.349 e. The fraction of sp³-hybridized carbons (Fsp3) is 0.818. The van der Waals surface area contributed by atoms with Gasteiger partial charge >= 0.3 is 5.97 Å². The summed E-state index contributed by atoms with van der Waals surface area (Å²) in [4.78, 5) is 10.4. The van der Waals surface area contributed by atoms with Crippen LogP contribution in [0.5, 0.6) is 0 Å². The summed E-state index contributed by atoms with van der Waals surface area (Å²) in [7, 11) is 0. The Morgan fingerprint density at radius 1 is 1.53 bits per heavy atom. The van der Waals surface area contributed by atoms with Crippen LogP contribution in [0.2, 0.25) is 0 Å². The van der Waals surface area contributed by atoms with Crippen LogP contribution in [0.4, 0.5) is 0 Å². The summed E-state index contributed by atoms with van der Waals surface area (Å²) in [5.74, 6) is -0.701. The first-order valence-electron chi connectivity index (χ1n) is 5.49. The summed E-state index contributed by atoms with van der Waals surface area (Å²) in [6, 6.07) is 0. The minimum absolute atomic E-state index is 0.130. The Bertz CT molecular complexity index is 248. The summed E-state index contributed by atoms with van der Waals surface area (Å²) in [6.07, 6.45) is 4.06. The topological polar surface area (TPSA) is 81.4 Å². The number of aliphatic hydroxyl groups is 1. The average molecular weight is 213 g/mol. The van der Waals surface area contributed by atoms with Crippen LogP contribution in [-0.2, 0) is 4.79 Å². The zero-order valence-corrected chi connectivity index (χ0v) is 9.07. The highest BCUT2D eigenvalue weighted by atomic mass is 16.4. The third kappa shape index (κ3) is 3.63. The molecule has 4 heteroatoms. The van der Waals surface area contributed by atoms with Crippen molar-refractivity contribution in [2.75, 3.05) is 0 Å². The molecule has 1 aliphatic carbocycles. The van der Waals surface area contributed by atoms with Crippen molar-refractivity contribution in [1.82, 2.24) is 0 Å². The minimum atomic E-state index is -1.18. The highest BCUT2D eigenvalue weighted by Gasteiger charge is 2.25. The largest absolute Gasteiger partial charge is 0.477 e. The highest BCUT2D eigenvalue weighted by Crippen LogP contribution is 2.32. The number of hydrogen-bond donors (Lipinski definition) is 3. The van der Waals surface area contributed by atoms with E-state index in [1.165, 1.54) is 19.3 Å². The summed E-state index contributed by atoms with van der Waals surface area (Å²) in [6.45, 7) is 1.81. The van der Waals surface area contributed by atoms with E-state index in [-0.39, 0.29) is 18.1 Å². The van der Waals surface area contributed by atoms with E-state index in [1.807, 2.05) is 0 Å². The molecule has 0 spiro atoms. The Labute approximate surface area is 89.8 Å². The summed E-state index contributed by atoms with van der Waals surface area (Å²) < 4.78 is 0. The Morgan fingerprint density at radius 2 is 2.13 bits per heavy atom. The van der Waals surface area contributed by atoms with E-state index >= 15 is 0 Å². The first kappa shape index (κ1) is 12.2. The monoisotopic (exact) mass is 213 g/mol. The number of aliphatic carboxylic acids is 1. The molecule has 15 heavy (non-hydrogen) atoms. The Hall–Kier alpha value is -0.900. The molecule has 4 nitrogen and oxygen atoms in total. The SMILES string of the molecule is CC(CC(=N)C(=O)O)C(O)CC1CCC1. The number of carboxylic acids is 1. The van der Waals surface area contributed by atoms with E-state index in [2.05, 4.69) is 0 Å². The predicted octanol–water partition coefficient (Wildman–Crippen LogP) is 1.67. The van der Waals surface area contributed by atoms with Crippen molar-refractivity contribution in [3.63, 3.8) is 0 Å². The molecule has 1 aliphatic rings. The third-order valence-electron chi connectivity index (χ3n) is 3.24. The molecule has 3 N–H and O–H groups in total. The van der Waals surface area contributed by atoms with Crippen LogP contribution in [0.1, 0.15) is 39.0 Å². The molecule has 2 unspecified atom stereocenters. The van der Waals surface area contributed by atoms with Crippen LogP contribution in [0.15, 0.2) is 0 Å². The zero-order valence-electron chi connectivity index (χ0n) is 9.07. The smallest absolute Gasteiger partial charge is 0.349 e. The third-order valence-corrected chi connectivity index (χ3v) is 3.24. The van der Waals surface area contributed by atoms with Gasteiger partial charge in [0.2, 0.25) is 0 Å². The minimum Gasteiger partial charge on any atom is -0.477 e. The quantitative estimate of drug-likeness (QED) is 0.587. The van der Waals surface area contributed by atoms with Crippen LogP contribution in [0.25, 0.3) is 0 Å². The number of nitrogens with one attached hydrogen (secondary N) is 1. The molecule has 0 bridgehead atoms. The van der Waals surface area contributed by atoms with Crippen LogP contribution in [0.3, 0.4) is 0 Å². The van der Waals surface area contributed by atoms with Gasteiger partial charge in [-0.1, -0.05) is 26.2 Å². The lowest BCUT2D eigenvalue weighted by Gasteiger charge is -2.29. The van der Waals surface area contributed by atoms with E-state index in [4.69, 9.17) is 10.5 Å². The maximum absolute atomic E-state index is 10.4. The van der Waals surface area contributed by atoms with Gasteiger partial charge in [0.05, 0.1) is 6.10 Å². The van der Waals surface area contributed by atoms with Crippen LogP contribution in [-0.4, -0.2) is 28.0 Å². The van der Waals surface area contributed by atoms with E-state index in [0.29, 0.717) is 5.92 Å². The number of aliphatic hydroxyl groups excluding tert-OH is 1. The number of carbonyl (C=O) groups is 1. The van der Waals surface area contributed by atoms with Crippen LogP contribution in [0, 0.1) is 17.2 Å². The molecule has 0 radical (unpaired) electrons. The molecule has 1 rings (SSSR count). The van der Waals surface area contributed by atoms with Gasteiger partial charge in [0.1, 0.15) is 5.71 Å². The fourth-order valence-corrected chi connectivity index (χ4v) is 1.85. The lowest BCUT2D eigenvalue weighted by molar-refractivity contribution is -0.129. The van der Waals surface area contributed by atoms with Crippen molar-refractivity contribution in [1.29, 1.82) is 5.41 Å². The van der Waals surface area contributed by atoms with Crippen molar-refractivity contribution in [2.45, 2.75) is 45.1 Å². The lowest BCUT2D eigenvalue weighted by Crippen LogP contribution is -2.27. The molecule has 0 aliphatic heterocycles. The van der Waals surface area contributed by atoms with Gasteiger partial charge in [-0.3, -0.25) is 5.41 Å². The van der Waals surface area contributed by atoms with Crippen molar-refractivity contribution >= 4 is 11.7 Å². The Morgan fingerprint density at radius 3 is 2.53 bits per heavy atom. The zero-order chi connectivity index (χ0) is 11.4. The molecule has 0 amide bonds. The van der Waals surface area contributed by atoms with E-state index in [9.17, 15) is 9.90 Å². The van der Waals surface area contributed by atoms with Crippen molar-refractivity contribution in [3.05, 3.63) is 0 Å². The molecule has 0 aromatic rings. The first-order valence-corrected chi connectivity index (χ1v) is 5.49. The standard InChI is InChI=1S/C11H19NO3/c1-7(5-9(12)11(14)15)10(13)6-8-3-2-4-8/h7-8,10,12-13H,2-6H2,1H3,(H,14,15). The molecule has 0 heterocycles. The maximum atomic E-state index is 10.4. The number of carboxylic acid groups (broad SMARTS) is 1. The normalized spacial score (nSPS) is 20.4. The van der Waals surface area contributed by atoms with Crippen LogP contribution < -0.4 is 0 Å². The molecule has 0 aromatic heterocycles. The second kappa shape index (κ2) is 5.26. The molecule has 1 fully saturated rings. The molecule has 0 saturated heterocycles. The number of hydrogen-bond acceptors (Lipinski definition) is 3. The molecule has 0 aromatic carbocycles. The summed E-state index contributed by atoms with van der Waals surface area (Å²) >= 11 is 0. The van der Waals surface area contributed by atoms with Crippen molar-refractivity contribution in [3.8, 4) is 0 Å². The van der Waals surface area contributed by atoms with Crippen molar-refractivity contribution < 1.29 is 15.0 Å². The average Bonchev–Trinajstić information content (AvgIpc) is 2.10. The van der Waals surface area contributed by atoms with Gasteiger partial charge in [0, 0.05) is 6.42 Å². The Balaban J connectivity index is 2.28. The second-order valence-electron chi connectivity index (χ2n) is 4.57. The van der Waals surface area contributed by atoms with Crippen molar-refractivity contribution in [2.24, 2.45) is 11.8 Å². The van der Waals surface area contributed by atoms with Crippen LogP contribution >= 0.6 is 0 Å². The van der Waals surface area contributed by atoms with Gasteiger partial charge in [-0.15, -0.1) is 0 Å². The Kier molecular flexibility index (Phi) is 4.27. The van der Waals surface area contributed by atoms with Gasteiger partial charge < -0.3 is 10.2 Å². The highest BCUT2D eigenvalue weighted by molar-refractivity contribution is 6.34. The fourth-order valence-electron chi connectivity index (χ4n) is 1.85. The van der Waals surface area contributed by atoms with E-state index in [0.717, 1.165) is 6.42 Å². The van der Waals surface area contributed by atoms with Gasteiger partial charge in [0.25, 0.3) is 0 Å². The molecule has 1 saturated carbocycles. The van der Waals surface area contributed by atoms with Gasteiger partial charge in [0.15, 0.2) is 0 Å². The lowest BCUT2D eigenvalue weighted by atomic mass is 9.79.